The number of aromatic amines is 1. The molecule has 1 saturated heterocycles. The molecule has 1 aliphatic rings. The molecular weight excluding hydrogens is 387 g/mol. The lowest BCUT2D eigenvalue weighted by Gasteiger charge is -2.31. The van der Waals surface area contributed by atoms with Crippen LogP contribution in [0.25, 0.3) is 21.9 Å². The summed E-state index contributed by atoms with van der Waals surface area (Å²) in [5.41, 5.74) is 1.28. The van der Waals surface area contributed by atoms with Gasteiger partial charge >= 0.3 is 5.69 Å². The number of H-pyrrole nitrogens is 1. The van der Waals surface area contributed by atoms with Crippen molar-refractivity contribution in [1.82, 2.24) is 19.6 Å². The molecule has 30 heavy (non-hydrogen) atoms. The lowest BCUT2D eigenvalue weighted by Crippen LogP contribution is -2.41. The third-order valence-corrected chi connectivity index (χ3v) is 5.97. The third kappa shape index (κ3) is 3.33. The maximum absolute atomic E-state index is 13.4. The lowest BCUT2D eigenvalue weighted by atomic mass is 9.91. The van der Waals surface area contributed by atoms with E-state index in [0.717, 1.165) is 37.0 Å². The monoisotopic (exact) mass is 408 g/mol. The highest BCUT2D eigenvalue weighted by Gasteiger charge is 2.25. The van der Waals surface area contributed by atoms with Gasteiger partial charge in [-0.2, -0.15) is 0 Å². The van der Waals surface area contributed by atoms with Crippen molar-refractivity contribution in [2.24, 2.45) is 0 Å². The summed E-state index contributed by atoms with van der Waals surface area (Å²) in [6.07, 6.45) is 1.78. The summed E-state index contributed by atoms with van der Waals surface area (Å²) >= 11 is 0. The van der Waals surface area contributed by atoms with Crippen molar-refractivity contribution in [3.05, 3.63) is 74.8 Å². The molecule has 1 N–H and O–H groups in total. The zero-order valence-electron chi connectivity index (χ0n) is 16.3. The van der Waals surface area contributed by atoms with E-state index in [1.54, 1.807) is 30.3 Å². The summed E-state index contributed by atoms with van der Waals surface area (Å²) in [5, 5.41) is 5.56. The summed E-state index contributed by atoms with van der Waals surface area (Å²) in [6.45, 7) is 2.63. The van der Waals surface area contributed by atoms with E-state index in [9.17, 15) is 14.0 Å². The number of rotatable bonds is 4. The van der Waals surface area contributed by atoms with E-state index in [2.05, 4.69) is 15.0 Å². The van der Waals surface area contributed by atoms with Gasteiger partial charge in [0.15, 0.2) is 5.58 Å². The van der Waals surface area contributed by atoms with Crippen LogP contribution in [0.5, 0.6) is 0 Å². The van der Waals surface area contributed by atoms with Gasteiger partial charge < -0.3 is 14.4 Å². The highest BCUT2D eigenvalue weighted by atomic mass is 19.1. The van der Waals surface area contributed by atoms with E-state index >= 15 is 0 Å². The quantitative estimate of drug-likeness (QED) is 0.561. The predicted molar refractivity (Wildman–Crippen MR) is 111 cm³/mol. The molecule has 154 valence electrons. The van der Waals surface area contributed by atoms with Crippen molar-refractivity contribution in [1.29, 1.82) is 0 Å². The van der Waals surface area contributed by atoms with E-state index in [4.69, 9.17) is 4.52 Å². The Balaban J connectivity index is 1.26. The molecule has 0 radical (unpaired) electrons. The standard InChI is InChI=1S/C22H21FN4O3/c23-15-5-6-17-19(13-15)30-25-20(17)14-7-9-26(10-8-14)11-12-27-21(28)16-3-1-2-4-18(16)24-22(27)29/h1-6,13-14H,7-12H2,(H,24,29). The molecule has 0 amide bonds. The van der Waals surface area contributed by atoms with Gasteiger partial charge in [0.25, 0.3) is 5.56 Å². The molecule has 8 heteroatoms. The maximum Gasteiger partial charge on any atom is 0.328 e. The molecule has 3 heterocycles. The molecule has 4 aromatic rings. The number of nitrogens with zero attached hydrogens (tertiary/aromatic N) is 3. The maximum atomic E-state index is 13.4. The fraction of sp³-hybridized carbons (Fsp3) is 0.318. The number of para-hydroxylation sites is 1. The van der Waals surface area contributed by atoms with Gasteiger partial charge in [0.05, 0.1) is 16.6 Å². The summed E-state index contributed by atoms with van der Waals surface area (Å²) in [6, 6.07) is 11.6. The highest BCUT2D eigenvalue weighted by Crippen LogP contribution is 2.32. The van der Waals surface area contributed by atoms with Crippen molar-refractivity contribution in [3.63, 3.8) is 0 Å². The average Bonchev–Trinajstić information content (AvgIpc) is 3.17. The summed E-state index contributed by atoms with van der Waals surface area (Å²) in [5.74, 6) is -0.0845. The SMILES string of the molecule is O=c1[nH]c2ccccc2c(=O)n1CCN1CCC(c2noc3cc(F)ccc23)CC1. The first kappa shape index (κ1) is 18.7. The third-order valence-electron chi connectivity index (χ3n) is 5.97. The topological polar surface area (TPSA) is 84.1 Å². The molecule has 5 rings (SSSR count). The molecular formula is C22H21FN4O3. The van der Waals surface area contributed by atoms with E-state index in [-0.39, 0.29) is 23.0 Å². The first-order valence-corrected chi connectivity index (χ1v) is 10.1. The Kier molecular flexibility index (Phi) is 4.71. The molecule has 0 saturated carbocycles. The number of hydrogen-bond acceptors (Lipinski definition) is 5. The van der Waals surface area contributed by atoms with Crippen LogP contribution in [0.1, 0.15) is 24.5 Å². The number of nitrogens with one attached hydrogen (secondary N) is 1. The Morgan fingerprint density at radius 3 is 2.70 bits per heavy atom. The molecule has 2 aromatic carbocycles. The van der Waals surface area contributed by atoms with Crippen LogP contribution in [0.3, 0.4) is 0 Å². The fourth-order valence-electron chi connectivity index (χ4n) is 4.30. The zero-order chi connectivity index (χ0) is 20.7. The zero-order valence-corrected chi connectivity index (χ0v) is 16.3. The van der Waals surface area contributed by atoms with Gasteiger partial charge in [-0.15, -0.1) is 0 Å². The van der Waals surface area contributed by atoms with Gasteiger partial charge in [-0.1, -0.05) is 17.3 Å². The van der Waals surface area contributed by atoms with E-state index in [1.165, 1.54) is 16.7 Å². The minimum absolute atomic E-state index is 0.250. The Bertz CT molecular complexity index is 1330. The van der Waals surface area contributed by atoms with Crippen LogP contribution >= 0.6 is 0 Å². The minimum Gasteiger partial charge on any atom is -0.356 e. The number of aromatic nitrogens is 3. The molecule has 0 unspecified atom stereocenters. The Morgan fingerprint density at radius 1 is 1.07 bits per heavy atom. The summed E-state index contributed by atoms with van der Waals surface area (Å²) in [7, 11) is 0. The smallest absolute Gasteiger partial charge is 0.328 e. The molecule has 1 fully saturated rings. The van der Waals surface area contributed by atoms with Crippen LogP contribution in [0.4, 0.5) is 4.39 Å². The van der Waals surface area contributed by atoms with Crippen molar-refractivity contribution >= 4 is 21.9 Å². The number of piperidine rings is 1. The van der Waals surface area contributed by atoms with Crippen molar-refractivity contribution in [3.8, 4) is 0 Å². The summed E-state index contributed by atoms with van der Waals surface area (Å²) in [4.78, 5) is 30.0. The van der Waals surface area contributed by atoms with Crippen LogP contribution in [0.15, 0.2) is 56.6 Å². The fourth-order valence-corrected chi connectivity index (χ4v) is 4.30. The van der Waals surface area contributed by atoms with Crippen LogP contribution in [-0.4, -0.2) is 39.2 Å². The van der Waals surface area contributed by atoms with E-state index in [0.29, 0.717) is 29.6 Å². The van der Waals surface area contributed by atoms with Crippen LogP contribution in [0.2, 0.25) is 0 Å². The first-order valence-electron chi connectivity index (χ1n) is 10.1. The number of halogens is 1. The van der Waals surface area contributed by atoms with Crippen LogP contribution < -0.4 is 11.2 Å². The number of fused-ring (bicyclic) bond motifs is 2. The average molecular weight is 408 g/mol. The van der Waals surface area contributed by atoms with Gasteiger partial charge in [0, 0.05) is 30.5 Å². The Labute approximate surface area is 170 Å². The Hall–Kier alpha value is -3.26. The van der Waals surface area contributed by atoms with Gasteiger partial charge in [-0.25, -0.2) is 9.18 Å². The molecule has 1 aliphatic heterocycles. The van der Waals surface area contributed by atoms with Gasteiger partial charge in [-0.05, 0) is 50.2 Å². The molecule has 0 aliphatic carbocycles. The van der Waals surface area contributed by atoms with E-state index < -0.39 is 0 Å². The normalized spacial score (nSPS) is 15.9. The van der Waals surface area contributed by atoms with Gasteiger partial charge in [-0.3, -0.25) is 9.36 Å². The molecule has 2 aromatic heterocycles. The number of benzene rings is 2. The number of hydrogen-bond donors (Lipinski definition) is 1. The first-order chi connectivity index (χ1) is 14.6. The molecule has 0 atom stereocenters. The van der Waals surface area contributed by atoms with E-state index in [1.807, 2.05) is 0 Å². The molecule has 7 nitrogen and oxygen atoms in total. The lowest BCUT2D eigenvalue weighted by molar-refractivity contribution is 0.201. The van der Waals surface area contributed by atoms with Crippen molar-refractivity contribution in [2.75, 3.05) is 19.6 Å². The molecule has 0 bridgehead atoms. The van der Waals surface area contributed by atoms with Crippen molar-refractivity contribution in [2.45, 2.75) is 25.3 Å². The second-order valence-electron chi connectivity index (χ2n) is 7.76. The number of likely N-dealkylation sites (tertiary alicyclic amines) is 1. The highest BCUT2D eigenvalue weighted by molar-refractivity contribution is 5.80. The second kappa shape index (κ2) is 7.53. The second-order valence-corrected chi connectivity index (χ2v) is 7.76. The van der Waals surface area contributed by atoms with Gasteiger partial charge in [0.2, 0.25) is 0 Å². The predicted octanol–water partition coefficient (Wildman–Crippen LogP) is 2.85. The van der Waals surface area contributed by atoms with Gasteiger partial charge in [0.1, 0.15) is 5.82 Å². The Morgan fingerprint density at radius 2 is 1.87 bits per heavy atom. The van der Waals surface area contributed by atoms with Crippen LogP contribution in [0, 0.1) is 5.82 Å². The summed E-state index contributed by atoms with van der Waals surface area (Å²) < 4.78 is 19.9. The minimum atomic E-state index is -0.380. The largest absolute Gasteiger partial charge is 0.356 e. The van der Waals surface area contributed by atoms with Crippen molar-refractivity contribution < 1.29 is 8.91 Å². The molecule has 0 spiro atoms. The van der Waals surface area contributed by atoms with Crippen LogP contribution in [-0.2, 0) is 6.54 Å².